The maximum atomic E-state index is 14.7. The van der Waals surface area contributed by atoms with E-state index in [-0.39, 0.29) is 42.8 Å². The quantitative estimate of drug-likeness (QED) is 0.236. The minimum atomic E-state index is -0.894. The number of nitrogens with one attached hydrogen (secondary N) is 1. The van der Waals surface area contributed by atoms with E-state index in [4.69, 9.17) is 9.84 Å². The molecule has 6 rings (SSSR count). The number of amides is 2. The standard InChI is InChI=1S/C40H47N3O5/c1-26-20-27(2)28(3)36(21-26)48-19-18-29-12-14-31(15-13-29)34-22-32-24-42(37(44)10-7-11-38(45)46)25-35(41-32)39(34)40(47)43(33-16-17-33)23-30-8-5-4-6-9-30/h4-6,8-9,12-15,20-21,32-33,35,41H,7,10-11,16-19,22-25H2,1-3H3,(H,45,46)/t32-,35-/m1/s1. The van der Waals surface area contributed by atoms with Crippen LogP contribution in [0.1, 0.15) is 71.9 Å². The van der Waals surface area contributed by atoms with Crippen molar-refractivity contribution in [1.82, 2.24) is 15.1 Å². The van der Waals surface area contributed by atoms with Crippen molar-refractivity contribution in [1.29, 1.82) is 0 Å². The number of nitrogens with zero attached hydrogens (tertiary/aromatic N) is 2. The maximum Gasteiger partial charge on any atom is 0.303 e. The highest BCUT2D eigenvalue weighted by atomic mass is 16.5. The number of ether oxygens (including phenoxy) is 1. The molecular weight excluding hydrogens is 602 g/mol. The highest BCUT2D eigenvalue weighted by Crippen LogP contribution is 2.37. The van der Waals surface area contributed by atoms with Crippen molar-refractivity contribution < 1.29 is 24.2 Å². The van der Waals surface area contributed by atoms with Crippen LogP contribution in [0.25, 0.3) is 5.57 Å². The molecule has 0 radical (unpaired) electrons. The van der Waals surface area contributed by atoms with Crippen LogP contribution in [0, 0.1) is 20.8 Å². The molecule has 0 unspecified atom stereocenters. The van der Waals surface area contributed by atoms with Gasteiger partial charge in [-0.3, -0.25) is 14.4 Å². The highest BCUT2D eigenvalue weighted by molar-refractivity contribution is 6.03. The van der Waals surface area contributed by atoms with Crippen molar-refractivity contribution in [2.24, 2.45) is 0 Å². The van der Waals surface area contributed by atoms with Crippen LogP contribution in [0.4, 0.5) is 0 Å². The van der Waals surface area contributed by atoms with Gasteiger partial charge in [0.25, 0.3) is 5.91 Å². The number of carbonyl (C=O) groups excluding carboxylic acids is 2. The van der Waals surface area contributed by atoms with Crippen molar-refractivity contribution in [3.63, 3.8) is 0 Å². The number of fused-ring (bicyclic) bond motifs is 2. The van der Waals surface area contributed by atoms with Crippen molar-refractivity contribution in [2.45, 2.75) is 90.4 Å². The summed E-state index contributed by atoms with van der Waals surface area (Å²) < 4.78 is 6.19. The van der Waals surface area contributed by atoms with E-state index in [0.29, 0.717) is 39.1 Å². The second kappa shape index (κ2) is 14.8. The first-order valence-electron chi connectivity index (χ1n) is 17.3. The molecule has 3 aromatic carbocycles. The molecule has 2 atom stereocenters. The zero-order valence-corrected chi connectivity index (χ0v) is 28.3. The van der Waals surface area contributed by atoms with Crippen LogP contribution in [0.3, 0.4) is 0 Å². The van der Waals surface area contributed by atoms with Crippen molar-refractivity contribution in [3.8, 4) is 5.75 Å². The Morgan fingerprint density at radius 1 is 0.938 bits per heavy atom. The Morgan fingerprint density at radius 2 is 1.69 bits per heavy atom. The maximum absolute atomic E-state index is 14.7. The third-order valence-electron chi connectivity index (χ3n) is 9.93. The van der Waals surface area contributed by atoms with E-state index < -0.39 is 5.97 Å². The lowest BCUT2D eigenvalue weighted by molar-refractivity contribution is -0.138. The number of carboxylic acid groups (broad SMARTS) is 1. The van der Waals surface area contributed by atoms with E-state index in [1.807, 2.05) is 28.0 Å². The van der Waals surface area contributed by atoms with E-state index in [1.165, 1.54) is 22.3 Å². The molecule has 8 nitrogen and oxygen atoms in total. The second-order valence-electron chi connectivity index (χ2n) is 13.7. The molecule has 0 aromatic heterocycles. The van der Waals surface area contributed by atoms with E-state index >= 15 is 0 Å². The zero-order valence-electron chi connectivity index (χ0n) is 28.3. The number of hydrogen-bond donors (Lipinski definition) is 2. The van der Waals surface area contributed by atoms with Gasteiger partial charge >= 0.3 is 5.97 Å². The molecular formula is C40H47N3O5. The summed E-state index contributed by atoms with van der Waals surface area (Å²) in [5.41, 5.74) is 8.71. The van der Waals surface area contributed by atoms with Gasteiger partial charge in [0.2, 0.25) is 5.91 Å². The summed E-state index contributed by atoms with van der Waals surface area (Å²) in [7, 11) is 0. The first-order chi connectivity index (χ1) is 23.2. The third kappa shape index (κ3) is 7.98. The highest BCUT2D eigenvalue weighted by Gasteiger charge is 2.43. The van der Waals surface area contributed by atoms with Crippen LogP contribution in [0.5, 0.6) is 5.75 Å². The second-order valence-corrected chi connectivity index (χ2v) is 13.7. The molecule has 2 aliphatic heterocycles. The van der Waals surface area contributed by atoms with Gasteiger partial charge in [-0.05, 0) is 91.5 Å². The fourth-order valence-electron chi connectivity index (χ4n) is 7.11. The average Bonchev–Trinajstić information content (AvgIpc) is 3.91. The van der Waals surface area contributed by atoms with Gasteiger partial charge in [0.15, 0.2) is 0 Å². The summed E-state index contributed by atoms with van der Waals surface area (Å²) in [6.45, 7) is 8.35. The number of carboxylic acids is 1. The Kier molecular flexibility index (Phi) is 10.3. The lowest BCUT2D eigenvalue weighted by Gasteiger charge is -2.45. The van der Waals surface area contributed by atoms with Gasteiger partial charge in [-0.25, -0.2) is 0 Å². The number of aliphatic carboxylic acids is 1. The summed E-state index contributed by atoms with van der Waals surface area (Å²) in [5.74, 6) is 0.0283. The minimum Gasteiger partial charge on any atom is -0.493 e. The van der Waals surface area contributed by atoms with Crippen LogP contribution in [-0.2, 0) is 27.3 Å². The molecule has 48 heavy (non-hydrogen) atoms. The van der Waals surface area contributed by atoms with Gasteiger partial charge in [-0.2, -0.15) is 0 Å². The molecule has 1 saturated carbocycles. The third-order valence-corrected chi connectivity index (χ3v) is 9.93. The minimum absolute atomic E-state index is 0.0105. The Bertz CT molecular complexity index is 1680. The van der Waals surface area contributed by atoms with E-state index in [0.717, 1.165) is 47.3 Å². The Morgan fingerprint density at radius 3 is 2.40 bits per heavy atom. The molecule has 2 fully saturated rings. The molecule has 3 aromatic rings. The fourth-order valence-corrected chi connectivity index (χ4v) is 7.11. The van der Waals surface area contributed by atoms with Crippen LogP contribution in [0.15, 0.2) is 72.3 Å². The van der Waals surface area contributed by atoms with Gasteiger partial charge in [-0.15, -0.1) is 0 Å². The molecule has 252 valence electrons. The molecule has 2 heterocycles. The van der Waals surface area contributed by atoms with Gasteiger partial charge < -0.3 is 25.0 Å². The molecule has 1 aliphatic carbocycles. The largest absolute Gasteiger partial charge is 0.493 e. The SMILES string of the molecule is Cc1cc(C)c(C)c(OCCc2ccc(C3=C(C(=O)N(Cc4ccccc4)C4CC4)[C@H]4CN(C(=O)CCCC(=O)O)C[C@@H](C3)N4)cc2)c1. The van der Waals surface area contributed by atoms with Crippen molar-refractivity contribution in [2.75, 3.05) is 19.7 Å². The van der Waals surface area contributed by atoms with Gasteiger partial charge in [0, 0.05) is 56.6 Å². The van der Waals surface area contributed by atoms with E-state index in [1.54, 1.807) is 0 Å². The van der Waals surface area contributed by atoms with E-state index in [9.17, 15) is 14.4 Å². The Hall–Kier alpha value is -4.43. The van der Waals surface area contributed by atoms with E-state index in [2.05, 4.69) is 74.6 Å². The summed E-state index contributed by atoms with van der Waals surface area (Å²) >= 11 is 0. The lowest BCUT2D eigenvalue weighted by atomic mass is 9.82. The predicted molar refractivity (Wildman–Crippen MR) is 187 cm³/mol. The zero-order chi connectivity index (χ0) is 33.8. The van der Waals surface area contributed by atoms with Crippen molar-refractivity contribution >= 4 is 23.4 Å². The first-order valence-corrected chi connectivity index (χ1v) is 17.3. The summed E-state index contributed by atoms with van der Waals surface area (Å²) in [4.78, 5) is 42.7. The number of hydrogen-bond acceptors (Lipinski definition) is 5. The fraction of sp³-hybridized carbons (Fsp3) is 0.425. The number of piperazine rings is 1. The first kappa shape index (κ1) is 33.5. The van der Waals surface area contributed by atoms with Gasteiger partial charge in [0.05, 0.1) is 12.6 Å². The van der Waals surface area contributed by atoms with Crippen LogP contribution >= 0.6 is 0 Å². The topological polar surface area (TPSA) is 99.2 Å². The van der Waals surface area contributed by atoms with Crippen LogP contribution in [-0.4, -0.2) is 70.5 Å². The lowest BCUT2D eigenvalue weighted by Crippen LogP contribution is -2.62. The smallest absolute Gasteiger partial charge is 0.303 e. The van der Waals surface area contributed by atoms with Crippen LogP contribution in [0.2, 0.25) is 0 Å². The van der Waals surface area contributed by atoms with Gasteiger partial charge in [-0.1, -0.05) is 60.7 Å². The molecule has 2 bridgehead atoms. The molecule has 8 heteroatoms. The molecule has 1 saturated heterocycles. The number of aryl methyl sites for hydroxylation is 2. The number of rotatable bonds is 13. The molecule has 2 N–H and O–H groups in total. The molecule has 3 aliphatic rings. The average molecular weight is 650 g/mol. The molecule has 0 spiro atoms. The summed E-state index contributed by atoms with van der Waals surface area (Å²) in [6, 6.07) is 22.9. The monoisotopic (exact) mass is 649 g/mol. The van der Waals surface area contributed by atoms with Crippen LogP contribution < -0.4 is 10.1 Å². The van der Waals surface area contributed by atoms with Gasteiger partial charge in [0.1, 0.15) is 5.75 Å². The predicted octanol–water partition coefficient (Wildman–Crippen LogP) is 6.01. The molecule has 2 amide bonds. The van der Waals surface area contributed by atoms with Crippen molar-refractivity contribution in [3.05, 3.63) is 106 Å². The summed E-state index contributed by atoms with van der Waals surface area (Å²) in [5, 5.41) is 12.7. The normalized spacial score (nSPS) is 18.9. The Labute approximate surface area is 283 Å². The summed E-state index contributed by atoms with van der Waals surface area (Å²) in [6.07, 6.45) is 3.88. The number of benzene rings is 3. The Balaban J connectivity index is 1.24. The number of carbonyl (C=O) groups is 3.